The third-order valence-corrected chi connectivity index (χ3v) is 11.0. The summed E-state index contributed by atoms with van der Waals surface area (Å²) in [6.45, 7) is 4.49. The van der Waals surface area contributed by atoms with E-state index in [0.717, 1.165) is 0 Å². The fraction of sp³-hybridized carbons (Fsp3) is 0.731. The number of hydrogen-bond acceptors (Lipinski definition) is 10. The maximum atomic E-state index is 13.8. The van der Waals surface area contributed by atoms with E-state index in [4.69, 9.17) is 0 Å². The van der Waals surface area contributed by atoms with Crippen molar-refractivity contribution in [3.8, 4) is 0 Å². The van der Waals surface area contributed by atoms with Gasteiger partial charge in [-0.05, 0) is 36.6 Å². The summed E-state index contributed by atoms with van der Waals surface area (Å²) in [7, 11) is 0. The maximum absolute atomic E-state index is 13.8. The largest absolute Gasteiger partial charge is 0.477 e. The summed E-state index contributed by atoms with van der Waals surface area (Å²) >= 11 is 1.39. The Balaban J connectivity index is 1.05. The molecule has 4 saturated heterocycles. The highest BCUT2D eigenvalue weighted by Crippen LogP contribution is 2.52. The molecule has 3 amide bonds. The molecule has 234 valence electrons. The lowest BCUT2D eigenvalue weighted by molar-refractivity contribution is -0.158. The number of aliphatic carboxylic acids is 1. The van der Waals surface area contributed by atoms with Gasteiger partial charge in [-0.25, -0.2) is 18.3 Å². The predicted octanol–water partition coefficient (Wildman–Crippen LogP) is -0.596. The second-order valence-electron chi connectivity index (χ2n) is 12.3. The Kier molecular flexibility index (Phi) is 7.69. The van der Waals surface area contributed by atoms with Gasteiger partial charge in [0.05, 0.1) is 24.5 Å². The number of tetrazole rings is 1. The molecule has 14 nitrogen and oxygen atoms in total. The van der Waals surface area contributed by atoms with Crippen molar-refractivity contribution in [1.29, 1.82) is 0 Å². The highest BCUT2D eigenvalue weighted by atomic mass is 32.2. The number of halogens is 2. The highest BCUT2D eigenvalue weighted by molar-refractivity contribution is 8.03. The fourth-order valence-corrected chi connectivity index (χ4v) is 8.79. The number of nitrogens with one attached hydrogen (secondary N) is 3. The van der Waals surface area contributed by atoms with Crippen molar-refractivity contribution >= 4 is 35.5 Å². The van der Waals surface area contributed by atoms with E-state index in [9.17, 15) is 33.1 Å². The van der Waals surface area contributed by atoms with Crippen LogP contribution >= 0.6 is 11.8 Å². The summed E-state index contributed by atoms with van der Waals surface area (Å²) < 4.78 is 28.9. The molecule has 1 aromatic heterocycles. The van der Waals surface area contributed by atoms with Crippen LogP contribution in [0.15, 0.2) is 16.9 Å². The van der Waals surface area contributed by atoms with Crippen LogP contribution in [-0.4, -0.2) is 120 Å². The van der Waals surface area contributed by atoms with Crippen molar-refractivity contribution < 1.29 is 33.1 Å². The number of nitrogens with zero attached hydrogens (tertiary/aromatic N) is 6. The smallest absolute Gasteiger partial charge is 0.353 e. The fourth-order valence-electron chi connectivity index (χ4n) is 7.31. The third-order valence-electron chi connectivity index (χ3n) is 9.45. The lowest BCUT2D eigenvalue weighted by Crippen LogP contribution is -2.66. The molecule has 1 spiro atoms. The van der Waals surface area contributed by atoms with Crippen LogP contribution in [0.5, 0.6) is 0 Å². The Bertz CT molecular complexity index is 1340. The molecule has 6 atom stereocenters. The number of carbonyl (C=O) groups is 4. The molecule has 6 heterocycles. The molecule has 4 fully saturated rings. The van der Waals surface area contributed by atoms with Gasteiger partial charge in [0, 0.05) is 53.7 Å². The number of thioether (sulfide) groups is 1. The van der Waals surface area contributed by atoms with Gasteiger partial charge in [0.15, 0.2) is 0 Å². The standard InChI is InChI=1S/C26H35F2N9O5S/c1-13-19-18(14(2)32-17(38)9-36-12-31-33-34-36)23(40)37(19)20(24(41)42)21(13)43-15-7-16(29-8-15)22(39)35-5-3-25(4-6-35)10-26(27,28)11-30-25/h12-16,18-19,29-30H,3-11H2,1-2H3,(H,32,38)(H,41,42)/t13-,14?,15+,16+,18-,19-/m1/s1. The third kappa shape index (κ3) is 5.50. The Morgan fingerprint density at radius 2 is 2.02 bits per heavy atom. The van der Waals surface area contributed by atoms with Crippen LogP contribution in [0.4, 0.5) is 8.78 Å². The van der Waals surface area contributed by atoms with Crippen molar-refractivity contribution in [2.75, 3.05) is 26.2 Å². The number of carbonyl (C=O) groups excluding carboxylic acids is 3. The van der Waals surface area contributed by atoms with Gasteiger partial charge in [-0.2, -0.15) is 0 Å². The second-order valence-corrected chi connectivity index (χ2v) is 13.7. The summed E-state index contributed by atoms with van der Waals surface area (Å²) in [6.07, 6.45) is 2.55. The van der Waals surface area contributed by atoms with Gasteiger partial charge in [-0.15, -0.1) is 16.9 Å². The van der Waals surface area contributed by atoms with E-state index in [-0.39, 0.29) is 54.1 Å². The van der Waals surface area contributed by atoms with E-state index in [1.165, 1.54) is 27.7 Å². The average Bonchev–Trinajstić information content (AvgIpc) is 3.72. The first-order valence-electron chi connectivity index (χ1n) is 14.5. The number of carboxylic acids is 1. The van der Waals surface area contributed by atoms with Gasteiger partial charge >= 0.3 is 5.97 Å². The van der Waals surface area contributed by atoms with Crippen LogP contribution in [0.3, 0.4) is 0 Å². The molecule has 1 unspecified atom stereocenters. The first kappa shape index (κ1) is 29.9. The second kappa shape index (κ2) is 11.1. The van der Waals surface area contributed by atoms with Gasteiger partial charge in [0.1, 0.15) is 18.6 Å². The molecule has 17 heteroatoms. The summed E-state index contributed by atoms with van der Waals surface area (Å²) in [6, 6.07) is -1.39. The molecule has 0 radical (unpaired) electrons. The zero-order valence-corrected chi connectivity index (χ0v) is 24.6. The molecular weight excluding hydrogens is 588 g/mol. The van der Waals surface area contributed by atoms with Crippen molar-refractivity contribution in [3.05, 3.63) is 16.9 Å². The minimum atomic E-state index is -2.71. The quantitative estimate of drug-likeness (QED) is 0.272. The van der Waals surface area contributed by atoms with Gasteiger partial charge in [-0.3, -0.25) is 14.4 Å². The van der Waals surface area contributed by atoms with Crippen molar-refractivity contribution in [3.63, 3.8) is 0 Å². The van der Waals surface area contributed by atoms with Crippen LogP contribution < -0.4 is 16.0 Å². The molecule has 5 aliphatic rings. The van der Waals surface area contributed by atoms with Gasteiger partial charge < -0.3 is 30.9 Å². The van der Waals surface area contributed by atoms with E-state index >= 15 is 0 Å². The zero-order chi connectivity index (χ0) is 30.7. The van der Waals surface area contributed by atoms with Crippen molar-refractivity contribution in [2.45, 2.75) is 80.9 Å². The minimum absolute atomic E-state index is 0.0343. The highest BCUT2D eigenvalue weighted by Gasteiger charge is 2.60. The molecule has 4 N–H and O–H groups in total. The SMILES string of the molecule is CC(NC(=O)Cn1cnnn1)[C@H]1C(=O)N2C(C(=O)O)=C(S[C@@H]3CN[C@H](C(=O)N4CCC5(CC4)CC(F)(F)CN5)C3)[C@H](C)[C@H]12. The van der Waals surface area contributed by atoms with E-state index < -0.39 is 41.5 Å². The van der Waals surface area contributed by atoms with Crippen LogP contribution in [-0.2, 0) is 25.7 Å². The summed E-state index contributed by atoms with van der Waals surface area (Å²) in [4.78, 5) is 55.0. The summed E-state index contributed by atoms with van der Waals surface area (Å²) in [5.41, 5.74) is -0.646. The first-order chi connectivity index (χ1) is 20.4. The van der Waals surface area contributed by atoms with Crippen molar-refractivity contribution in [2.24, 2.45) is 11.8 Å². The van der Waals surface area contributed by atoms with E-state index in [0.29, 0.717) is 43.8 Å². The Morgan fingerprint density at radius 1 is 1.28 bits per heavy atom. The van der Waals surface area contributed by atoms with Gasteiger partial charge in [0.25, 0.3) is 5.92 Å². The molecule has 43 heavy (non-hydrogen) atoms. The molecule has 1 aromatic rings. The number of aromatic nitrogens is 4. The number of alkyl halides is 2. The van der Waals surface area contributed by atoms with E-state index in [1.54, 1.807) is 11.8 Å². The number of carboxylic acid groups (broad SMARTS) is 1. The van der Waals surface area contributed by atoms with E-state index in [1.807, 2.05) is 6.92 Å². The number of amides is 3. The number of likely N-dealkylation sites (tertiary alicyclic amines) is 1. The van der Waals surface area contributed by atoms with Crippen molar-refractivity contribution in [1.82, 2.24) is 46.0 Å². The molecular formula is C26H35F2N9O5S. The zero-order valence-electron chi connectivity index (χ0n) is 23.8. The molecule has 0 saturated carbocycles. The normalized spacial score (nSPS) is 31.7. The van der Waals surface area contributed by atoms with Crippen LogP contribution in [0.25, 0.3) is 0 Å². The number of rotatable bonds is 8. The number of β-lactam (4-membered cyclic amide) rings is 1. The summed E-state index contributed by atoms with van der Waals surface area (Å²) in [5, 5.41) is 29.7. The minimum Gasteiger partial charge on any atom is -0.477 e. The number of piperidine rings is 1. The monoisotopic (exact) mass is 623 g/mol. The molecule has 6 rings (SSSR count). The predicted molar refractivity (Wildman–Crippen MR) is 147 cm³/mol. The Labute approximate surface area is 250 Å². The lowest BCUT2D eigenvalue weighted by Gasteiger charge is -2.47. The number of fused-ring (bicyclic) bond motifs is 1. The molecule has 0 aliphatic carbocycles. The van der Waals surface area contributed by atoms with Crippen LogP contribution in [0.2, 0.25) is 0 Å². The molecule has 5 aliphatic heterocycles. The van der Waals surface area contributed by atoms with Gasteiger partial charge in [0.2, 0.25) is 17.7 Å². The van der Waals surface area contributed by atoms with E-state index in [2.05, 4.69) is 31.5 Å². The Morgan fingerprint density at radius 3 is 2.65 bits per heavy atom. The van der Waals surface area contributed by atoms with Gasteiger partial charge in [-0.1, -0.05) is 6.92 Å². The number of hydrogen-bond donors (Lipinski definition) is 4. The average molecular weight is 624 g/mol. The van der Waals surface area contributed by atoms with Crippen LogP contribution in [0, 0.1) is 11.8 Å². The first-order valence-corrected chi connectivity index (χ1v) is 15.4. The molecule has 0 aromatic carbocycles. The maximum Gasteiger partial charge on any atom is 0.353 e. The lowest BCUT2D eigenvalue weighted by atomic mass is 9.78. The topological polar surface area (TPSA) is 175 Å². The van der Waals surface area contributed by atoms with Crippen LogP contribution in [0.1, 0.15) is 39.5 Å². The summed E-state index contributed by atoms with van der Waals surface area (Å²) in [5.74, 6) is -5.56. The molecule has 0 bridgehead atoms. The Hall–Kier alpha value is -3.18.